The van der Waals surface area contributed by atoms with E-state index in [-0.39, 0.29) is 24.2 Å². The maximum absolute atomic E-state index is 11.5. The third-order valence-electron chi connectivity index (χ3n) is 4.68. The Morgan fingerprint density at radius 3 is 2.48 bits per heavy atom. The predicted molar refractivity (Wildman–Crippen MR) is 110 cm³/mol. The van der Waals surface area contributed by atoms with E-state index in [1.54, 1.807) is 0 Å². The summed E-state index contributed by atoms with van der Waals surface area (Å²) in [7, 11) is 0. The summed E-state index contributed by atoms with van der Waals surface area (Å²) in [6.07, 6.45) is 4.56. The second-order valence-corrected chi connectivity index (χ2v) is 7.17. The van der Waals surface area contributed by atoms with Gasteiger partial charge in [0.25, 0.3) is 0 Å². The maximum atomic E-state index is 11.5. The van der Waals surface area contributed by atoms with Gasteiger partial charge in [0.05, 0.1) is 5.92 Å². The SMILES string of the molecule is CCCCC(C(=O)O)C1CCN(C(=S)Nc2ccc(Cl)cc2)CC1.Cl. The van der Waals surface area contributed by atoms with Gasteiger partial charge in [-0.3, -0.25) is 4.79 Å². The second-order valence-electron chi connectivity index (χ2n) is 6.35. The normalized spacial score (nSPS) is 16.0. The summed E-state index contributed by atoms with van der Waals surface area (Å²) in [5.74, 6) is -0.614. The largest absolute Gasteiger partial charge is 0.481 e. The highest BCUT2D eigenvalue weighted by Crippen LogP contribution is 2.29. The van der Waals surface area contributed by atoms with Gasteiger partial charge in [0, 0.05) is 23.8 Å². The van der Waals surface area contributed by atoms with Gasteiger partial charge in [0.1, 0.15) is 0 Å². The summed E-state index contributed by atoms with van der Waals surface area (Å²) in [6.45, 7) is 3.71. The fourth-order valence-corrected chi connectivity index (χ4v) is 3.65. The summed E-state index contributed by atoms with van der Waals surface area (Å²) in [5.41, 5.74) is 0.915. The fraction of sp³-hybridized carbons (Fsp3) is 0.556. The summed E-state index contributed by atoms with van der Waals surface area (Å²) < 4.78 is 0. The Balaban J connectivity index is 0.00000312. The zero-order valence-electron chi connectivity index (χ0n) is 14.4. The van der Waals surface area contributed by atoms with Crippen LogP contribution in [-0.4, -0.2) is 34.2 Å². The number of halogens is 2. The van der Waals surface area contributed by atoms with E-state index in [4.69, 9.17) is 23.8 Å². The average Bonchev–Trinajstić information content (AvgIpc) is 2.57. The molecule has 4 nitrogen and oxygen atoms in total. The zero-order chi connectivity index (χ0) is 17.5. The molecular formula is C18H26Cl2N2O2S. The van der Waals surface area contributed by atoms with Crippen molar-refractivity contribution >= 4 is 53.0 Å². The number of nitrogens with one attached hydrogen (secondary N) is 1. The number of carbonyl (C=O) groups is 1. The number of benzene rings is 1. The van der Waals surface area contributed by atoms with Gasteiger partial charge in [-0.15, -0.1) is 12.4 Å². The molecule has 1 atom stereocenters. The molecule has 1 aromatic carbocycles. The van der Waals surface area contributed by atoms with Gasteiger partial charge in [-0.1, -0.05) is 31.4 Å². The van der Waals surface area contributed by atoms with Crippen molar-refractivity contribution in [2.75, 3.05) is 18.4 Å². The summed E-state index contributed by atoms with van der Waals surface area (Å²) in [4.78, 5) is 13.7. The number of aliphatic carboxylic acids is 1. The van der Waals surface area contributed by atoms with E-state index in [0.29, 0.717) is 10.1 Å². The minimum atomic E-state index is -0.649. The molecule has 140 valence electrons. The fourth-order valence-electron chi connectivity index (χ4n) is 3.23. The van der Waals surface area contributed by atoms with Crippen molar-refractivity contribution in [1.29, 1.82) is 0 Å². The Hall–Kier alpha value is -1.04. The molecule has 2 rings (SSSR count). The number of piperidine rings is 1. The highest BCUT2D eigenvalue weighted by Gasteiger charge is 2.31. The van der Waals surface area contributed by atoms with E-state index in [9.17, 15) is 9.90 Å². The van der Waals surface area contributed by atoms with Crippen LogP contribution in [-0.2, 0) is 4.79 Å². The molecule has 0 bridgehead atoms. The summed E-state index contributed by atoms with van der Waals surface area (Å²) in [5, 5.41) is 14.1. The first-order chi connectivity index (χ1) is 11.5. The Kier molecular flexibility index (Phi) is 9.54. The molecule has 1 aliphatic heterocycles. The Bertz CT molecular complexity index is 561. The molecule has 1 saturated heterocycles. The highest BCUT2D eigenvalue weighted by atomic mass is 35.5. The lowest BCUT2D eigenvalue weighted by Gasteiger charge is -2.36. The van der Waals surface area contributed by atoms with E-state index >= 15 is 0 Å². The molecule has 0 amide bonds. The number of hydrogen-bond acceptors (Lipinski definition) is 2. The highest BCUT2D eigenvalue weighted by molar-refractivity contribution is 7.80. The van der Waals surface area contributed by atoms with Crippen LogP contribution in [0.2, 0.25) is 5.02 Å². The lowest BCUT2D eigenvalue weighted by atomic mass is 9.81. The van der Waals surface area contributed by atoms with E-state index in [2.05, 4.69) is 17.1 Å². The second kappa shape index (κ2) is 10.8. The quantitative estimate of drug-likeness (QED) is 0.648. The molecule has 1 unspecified atom stereocenters. The van der Waals surface area contributed by atoms with Crippen molar-refractivity contribution in [2.24, 2.45) is 11.8 Å². The first kappa shape index (κ1) is 22.0. The number of hydrogen-bond donors (Lipinski definition) is 2. The minimum absolute atomic E-state index is 0. The molecule has 0 saturated carbocycles. The Morgan fingerprint density at radius 1 is 1.36 bits per heavy atom. The Labute approximate surface area is 166 Å². The van der Waals surface area contributed by atoms with E-state index in [0.717, 1.165) is 50.9 Å². The molecule has 2 N–H and O–H groups in total. The predicted octanol–water partition coefficient (Wildman–Crippen LogP) is 5.06. The van der Waals surface area contributed by atoms with Gasteiger partial charge in [-0.05, 0) is 61.7 Å². The third-order valence-corrected chi connectivity index (χ3v) is 5.29. The lowest BCUT2D eigenvalue weighted by Crippen LogP contribution is -2.43. The van der Waals surface area contributed by atoms with Crippen LogP contribution < -0.4 is 5.32 Å². The molecule has 0 spiro atoms. The third kappa shape index (κ3) is 6.65. The van der Waals surface area contributed by atoms with Gasteiger partial charge in [0.15, 0.2) is 5.11 Å². The van der Waals surface area contributed by atoms with Crippen LogP contribution >= 0.6 is 36.2 Å². The number of carboxylic acids is 1. The lowest BCUT2D eigenvalue weighted by molar-refractivity contribution is -0.144. The van der Waals surface area contributed by atoms with Gasteiger partial charge in [-0.2, -0.15) is 0 Å². The van der Waals surface area contributed by atoms with Crippen LogP contribution in [0, 0.1) is 11.8 Å². The van der Waals surface area contributed by atoms with Crippen molar-refractivity contribution in [3.05, 3.63) is 29.3 Å². The average molecular weight is 405 g/mol. The number of nitrogens with zero attached hydrogens (tertiary/aromatic N) is 1. The smallest absolute Gasteiger partial charge is 0.306 e. The molecule has 1 aliphatic rings. The van der Waals surface area contributed by atoms with Crippen molar-refractivity contribution in [1.82, 2.24) is 4.90 Å². The molecule has 1 fully saturated rings. The number of carboxylic acid groups (broad SMARTS) is 1. The number of unbranched alkanes of at least 4 members (excludes halogenated alkanes) is 1. The van der Waals surface area contributed by atoms with Crippen LogP contribution in [0.15, 0.2) is 24.3 Å². The topological polar surface area (TPSA) is 52.6 Å². The minimum Gasteiger partial charge on any atom is -0.481 e. The molecule has 0 aliphatic carbocycles. The number of anilines is 1. The van der Waals surface area contributed by atoms with Crippen molar-refractivity contribution in [3.8, 4) is 0 Å². The molecule has 1 aromatic rings. The van der Waals surface area contributed by atoms with Crippen LogP contribution in [0.25, 0.3) is 0 Å². The molecule has 0 radical (unpaired) electrons. The van der Waals surface area contributed by atoms with Gasteiger partial charge in [-0.25, -0.2) is 0 Å². The van der Waals surface area contributed by atoms with E-state index < -0.39 is 5.97 Å². The summed E-state index contributed by atoms with van der Waals surface area (Å²) >= 11 is 11.4. The zero-order valence-corrected chi connectivity index (χ0v) is 16.8. The van der Waals surface area contributed by atoms with E-state index in [1.807, 2.05) is 24.3 Å². The van der Waals surface area contributed by atoms with E-state index in [1.165, 1.54) is 0 Å². The standard InChI is InChI=1S/C18H25ClN2O2S.ClH/c1-2-3-4-16(17(22)23)13-9-11-21(12-10-13)18(24)20-15-7-5-14(19)6-8-15;/h5-8,13,16H,2-4,9-12H2,1H3,(H,20,24)(H,22,23);1H. The Morgan fingerprint density at radius 2 is 1.96 bits per heavy atom. The van der Waals surface area contributed by atoms with Crippen LogP contribution in [0.4, 0.5) is 5.69 Å². The van der Waals surface area contributed by atoms with Gasteiger partial charge in [0.2, 0.25) is 0 Å². The first-order valence-electron chi connectivity index (χ1n) is 8.55. The van der Waals surface area contributed by atoms with Gasteiger partial charge < -0.3 is 15.3 Å². The maximum Gasteiger partial charge on any atom is 0.306 e. The first-order valence-corrected chi connectivity index (χ1v) is 9.34. The van der Waals surface area contributed by atoms with Gasteiger partial charge >= 0.3 is 5.97 Å². The van der Waals surface area contributed by atoms with Crippen molar-refractivity contribution < 1.29 is 9.90 Å². The number of likely N-dealkylation sites (tertiary alicyclic amines) is 1. The molecule has 25 heavy (non-hydrogen) atoms. The molecule has 0 aromatic heterocycles. The van der Waals surface area contributed by atoms with Crippen molar-refractivity contribution in [3.63, 3.8) is 0 Å². The summed E-state index contributed by atoms with van der Waals surface area (Å²) in [6, 6.07) is 7.44. The number of rotatable bonds is 6. The van der Waals surface area contributed by atoms with Crippen LogP contribution in [0.1, 0.15) is 39.0 Å². The monoisotopic (exact) mass is 404 g/mol. The number of thiocarbonyl (C=S) groups is 1. The molecular weight excluding hydrogens is 379 g/mol. The van der Waals surface area contributed by atoms with Crippen LogP contribution in [0.5, 0.6) is 0 Å². The van der Waals surface area contributed by atoms with Crippen LogP contribution in [0.3, 0.4) is 0 Å². The molecule has 1 heterocycles. The van der Waals surface area contributed by atoms with Crippen molar-refractivity contribution in [2.45, 2.75) is 39.0 Å². The molecule has 7 heteroatoms.